The number of ether oxygens (including phenoxy) is 1. The lowest BCUT2D eigenvalue weighted by molar-refractivity contribution is -0.160. The zero-order valence-electron chi connectivity index (χ0n) is 19.6. The Bertz CT molecular complexity index is 947. The number of pyridine rings is 1. The van der Waals surface area contributed by atoms with Crippen LogP contribution in [0, 0.1) is 28.6 Å². The van der Waals surface area contributed by atoms with Gasteiger partial charge in [-0.05, 0) is 94.1 Å². The quantitative estimate of drug-likeness (QED) is 0.277. The molecule has 0 aliphatic heterocycles. The molecule has 31 heavy (non-hydrogen) atoms. The third-order valence-corrected chi connectivity index (χ3v) is 9.47. The van der Waals surface area contributed by atoms with Crippen molar-refractivity contribution in [2.45, 2.75) is 91.1 Å². The van der Waals surface area contributed by atoms with Gasteiger partial charge in [-0.25, -0.2) is 4.98 Å². The summed E-state index contributed by atoms with van der Waals surface area (Å²) in [7, 11) is 0. The molecule has 0 radical (unpaired) electrons. The normalized spacial score (nSPS) is 39.0. The van der Waals surface area contributed by atoms with Crippen LogP contribution in [0.3, 0.4) is 0 Å². The fraction of sp³-hybridized carbons (Fsp3) is 0.704. The number of carbonyl (C=O) groups excluding carboxylic acids is 1. The average Bonchev–Trinajstić information content (AvgIpc) is 3.00. The first-order valence-electron chi connectivity index (χ1n) is 12.1. The van der Waals surface area contributed by atoms with Gasteiger partial charge in [0.15, 0.2) is 0 Å². The standard InChI is InChI=1S/C27H36ClNO2/c1-25(2,3)24(30)31-18-10-12-26(4)17(15-18)7-8-19-20(26)11-13-27(5)21(19)14-16-6-9-22(28)29-23(16)27/h6-7,9,18-21H,8,10-15H2,1-5H3/t18-,19?,20-,21-,26-,27-/m0/s1. The first-order valence-corrected chi connectivity index (χ1v) is 12.5. The lowest BCUT2D eigenvalue weighted by atomic mass is 9.48. The molecule has 2 fully saturated rings. The molecule has 1 unspecified atom stereocenters. The van der Waals surface area contributed by atoms with Crippen molar-refractivity contribution >= 4 is 17.6 Å². The summed E-state index contributed by atoms with van der Waals surface area (Å²) in [5.74, 6) is 2.00. The van der Waals surface area contributed by atoms with Gasteiger partial charge in [0, 0.05) is 11.8 Å². The molecule has 0 bridgehead atoms. The molecule has 168 valence electrons. The van der Waals surface area contributed by atoms with Crippen molar-refractivity contribution < 1.29 is 9.53 Å². The van der Waals surface area contributed by atoms with Crippen molar-refractivity contribution in [1.82, 2.24) is 4.98 Å². The molecule has 1 aromatic heterocycles. The Morgan fingerprint density at radius 2 is 1.84 bits per heavy atom. The minimum atomic E-state index is -0.435. The van der Waals surface area contributed by atoms with Gasteiger partial charge in [-0.15, -0.1) is 0 Å². The Kier molecular flexibility index (Phi) is 4.90. The van der Waals surface area contributed by atoms with Crippen molar-refractivity contribution in [3.05, 3.63) is 40.2 Å². The highest BCUT2D eigenvalue weighted by Gasteiger charge is 2.58. The first-order chi connectivity index (χ1) is 14.5. The lowest BCUT2D eigenvalue weighted by Gasteiger charge is -2.57. The molecule has 0 aromatic carbocycles. The van der Waals surface area contributed by atoms with E-state index in [2.05, 4.69) is 26.0 Å². The fourth-order valence-electron chi connectivity index (χ4n) is 7.41. The summed E-state index contributed by atoms with van der Waals surface area (Å²) in [6, 6.07) is 4.17. The Morgan fingerprint density at radius 3 is 2.58 bits per heavy atom. The van der Waals surface area contributed by atoms with Gasteiger partial charge in [0.1, 0.15) is 11.3 Å². The van der Waals surface area contributed by atoms with Crippen molar-refractivity contribution in [3.8, 4) is 0 Å². The maximum absolute atomic E-state index is 12.4. The van der Waals surface area contributed by atoms with Gasteiger partial charge in [0.05, 0.1) is 11.1 Å². The second-order valence-corrected chi connectivity index (χ2v) is 12.5. The number of carbonyl (C=O) groups is 1. The van der Waals surface area contributed by atoms with Crippen LogP contribution in [0.5, 0.6) is 0 Å². The van der Waals surface area contributed by atoms with E-state index in [1.54, 1.807) is 5.57 Å². The minimum Gasteiger partial charge on any atom is -0.462 e. The molecule has 4 heteroatoms. The summed E-state index contributed by atoms with van der Waals surface area (Å²) in [5.41, 5.74) is 4.19. The number of rotatable bonds is 1. The van der Waals surface area contributed by atoms with Crippen LogP contribution in [0.2, 0.25) is 5.15 Å². The number of hydrogen-bond donors (Lipinski definition) is 0. The monoisotopic (exact) mass is 441 g/mol. The minimum absolute atomic E-state index is 0.0403. The highest BCUT2D eigenvalue weighted by Crippen LogP contribution is 2.64. The molecule has 0 spiro atoms. The molecule has 0 N–H and O–H groups in total. The third kappa shape index (κ3) is 3.29. The van der Waals surface area contributed by atoms with E-state index in [1.165, 1.54) is 24.1 Å². The topological polar surface area (TPSA) is 39.2 Å². The molecule has 4 aliphatic rings. The molecule has 2 saturated carbocycles. The molecule has 1 aromatic rings. The molecular formula is C27H36ClNO2. The molecule has 5 rings (SSSR count). The molecule has 0 saturated heterocycles. The molecule has 1 heterocycles. The van der Waals surface area contributed by atoms with Gasteiger partial charge in [0.25, 0.3) is 0 Å². The summed E-state index contributed by atoms with van der Waals surface area (Å²) < 4.78 is 5.92. The number of nitrogens with zero attached hydrogens (tertiary/aromatic N) is 1. The summed E-state index contributed by atoms with van der Waals surface area (Å²) in [4.78, 5) is 17.2. The average molecular weight is 442 g/mol. The molecule has 3 nitrogen and oxygen atoms in total. The second-order valence-electron chi connectivity index (χ2n) is 12.1. The van der Waals surface area contributed by atoms with Crippen LogP contribution in [-0.2, 0) is 21.4 Å². The summed E-state index contributed by atoms with van der Waals surface area (Å²) >= 11 is 6.29. The second kappa shape index (κ2) is 7.07. The Morgan fingerprint density at radius 1 is 1.10 bits per heavy atom. The molecular weight excluding hydrogens is 406 g/mol. The molecule has 6 atom stereocenters. The number of fused-ring (bicyclic) bond motifs is 7. The fourth-order valence-corrected chi connectivity index (χ4v) is 7.55. The maximum Gasteiger partial charge on any atom is 0.311 e. The van der Waals surface area contributed by atoms with E-state index in [9.17, 15) is 4.79 Å². The summed E-state index contributed by atoms with van der Waals surface area (Å²) in [6.07, 6.45) is 10.3. The zero-order valence-corrected chi connectivity index (χ0v) is 20.4. The van der Waals surface area contributed by atoms with Gasteiger partial charge in [-0.1, -0.05) is 43.2 Å². The van der Waals surface area contributed by atoms with Gasteiger partial charge < -0.3 is 4.74 Å². The van der Waals surface area contributed by atoms with Crippen molar-refractivity contribution in [2.75, 3.05) is 0 Å². The summed E-state index contributed by atoms with van der Waals surface area (Å²) in [5, 5.41) is 0.628. The van der Waals surface area contributed by atoms with Gasteiger partial charge in [-0.2, -0.15) is 0 Å². The number of hydrogen-bond acceptors (Lipinski definition) is 3. The van der Waals surface area contributed by atoms with Gasteiger partial charge >= 0.3 is 5.97 Å². The largest absolute Gasteiger partial charge is 0.462 e. The van der Waals surface area contributed by atoms with Crippen molar-refractivity contribution in [2.24, 2.45) is 28.6 Å². The SMILES string of the molecule is CC(C)(C)C(=O)O[C@H]1CC[C@@]2(C)C(=CCC3[C@@H]2CC[C@]2(C)c4nc(Cl)ccc4C[C@@H]32)C1. The van der Waals surface area contributed by atoms with Crippen LogP contribution in [0.25, 0.3) is 0 Å². The van der Waals surface area contributed by atoms with E-state index in [4.69, 9.17) is 21.3 Å². The Labute approximate surface area is 192 Å². The van der Waals surface area contributed by atoms with Crippen molar-refractivity contribution in [3.63, 3.8) is 0 Å². The van der Waals surface area contributed by atoms with E-state index in [0.29, 0.717) is 17.0 Å². The van der Waals surface area contributed by atoms with Crippen LogP contribution in [0.15, 0.2) is 23.8 Å². The number of aromatic nitrogens is 1. The highest BCUT2D eigenvalue weighted by atomic mass is 35.5. The van der Waals surface area contributed by atoms with Crippen LogP contribution < -0.4 is 0 Å². The molecule has 4 aliphatic carbocycles. The predicted molar refractivity (Wildman–Crippen MR) is 124 cm³/mol. The third-order valence-electron chi connectivity index (χ3n) is 9.26. The highest BCUT2D eigenvalue weighted by molar-refractivity contribution is 6.29. The Balaban J connectivity index is 1.39. The van der Waals surface area contributed by atoms with Crippen LogP contribution >= 0.6 is 11.6 Å². The Hall–Kier alpha value is -1.35. The smallest absolute Gasteiger partial charge is 0.311 e. The predicted octanol–water partition coefficient (Wildman–Crippen LogP) is 6.67. The van der Waals surface area contributed by atoms with Gasteiger partial charge in [0.2, 0.25) is 0 Å². The van der Waals surface area contributed by atoms with E-state index in [-0.39, 0.29) is 22.9 Å². The molecule has 0 amide bonds. The lowest BCUT2D eigenvalue weighted by Crippen LogP contribution is -2.51. The van der Waals surface area contributed by atoms with E-state index in [1.807, 2.05) is 26.8 Å². The van der Waals surface area contributed by atoms with E-state index < -0.39 is 5.41 Å². The van der Waals surface area contributed by atoms with Crippen molar-refractivity contribution in [1.29, 1.82) is 0 Å². The first kappa shape index (κ1) is 21.5. The number of allylic oxidation sites excluding steroid dienone is 1. The van der Waals surface area contributed by atoms with Crippen LogP contribution in [0.1, 0.15) is 84.4 Å². The number of halogens is 1. The maximum atomic E-state index is 12.4. The van der Waals surface area contributed by atoms with Gasteiger partial charge in [-0.3, -0.25) is 4.79 Å². The number of esters is 1. The van der Waals surface area contributed by atoms with Crippen LogP contribution in [-0.4, -0.2) is 17.1 Å². The zero-order chi connectivity index (χ0) is 22.2. The van der Waals surface area contributed by atoms with Crippen LogP contribution in [0.4, 0.5) is 0 Å². The van der Waals surface area contributed by atoms with E-state index in [0.717, 1.165) is 38.0 Å². The summed E-state index contributed by atoms with van der Waals surface area (Å²) in [6.45, 7) is 10.7. The van der Waals surface area contributed by atoms with E-state index >= 15 is 0 Å².